The summed E-state index contributed by atoms with van der Waals surface area (Å²) >= 11 is 0. The molecule has 3 heterocycles. The van der Waals surface area contributed by atoms with Crippen molar-refractivity contribution >= 4 is 11.9 Å². The first kappa shape index (κ1) is 27.9. The summed E-state index contributed by atoms with van der Waals surface area (Å²) in [6.45, 7) is 2.27. The van der Waals surface area contributed by atoms with E-state index in [0.29, 0.717) is 22.2 Å². The van der Waals surface area contributed by atoms with Crippen molar-refractivity contribution in [2.24, 2.45) is 5.92 Å². The lowest BCUT2D eigenvalue weighted by Gasteiger charge is -2.52. The summed E-state index contributed by atoms with van der Waals surface area (Å²) in [6, 6.07) is 17.1. The molecule has 0 radical (unpaired) electrons. The van der Waals surface area contributed by atoms with E-state index in [1.807, 2.05) is 0 Å². The van der Waals surface area contributed by atoms with E-state index in [0.717, 1.165) is 25.9 Å². The van der Waals surface area contributed by atoms with Crippen molar-refractivity contribution < 1.29 is 49.0 Å². The van der Waals surface area contributed by atoms with Crippen molar-refractivity contribution in [1.29, 1.82) is 0 Å². The lowest BCUT2D eigenvalue weighted by Crippen LogP contribution is -3.00. The lowest BCUT2D eigenvalue weighted by molar-refractivity contribution is -0.936. The molecule has 0 saturated carbocycles. The standard InChI is InChI=1S/C29H27F3N2O3.BrH/c30-22-7-3-5-20(15-22)28(21-6-4-8-23(31)16-21)37-29(36)33-26-17-34(13-11-19(26)12-14-34)18-27(35)24-9-1-2-10-25(24)32;/h1-10,15-16,19,26,28H,11-14,17-18H2;1H/t19?,26-,34?;/m0./s1. The third-order valence-electron chi connectivity index (χ3n) is 7.59. The molecule has 3 aromatic rings. The summed E-state index contributed by atoms with van der Waals surface area (Å²) in [7, 11) is 0. The van der Waals surface area contributed by atoms with E-state index in [2.05, 4.69) is 5.32 Å². The van der Waals surface area contributed by atoms with Crippen LogP contribution in [-0.2, 0) is 4.74 Å². The van der Waals surface area contributed by atoms with Crippen molar-refractivity contribution in [2.45, 2.75) is 25.0 Å². The minimum absolute atomic E-state index is 0. The molecule has 3 aromatic carbocycles. The molecule has 0 unspecified atom stereocenters. The minimum Gasteiger partial charge on any atom is -1.00 e. The van der Waals surface area contributed by atoms with Gasteiger partial charge in [0.1, 0.15) is 24.0 Å². The molecule has 38 heavy (non-hydrogen) atoms. The van der Waals surface area contributed by atoms with Gasteiger partial charge in [-0.25, -0.2) is 18.0 Å². The van der Waals surface area contributed by atoms with Gasteiger partial charge in [-0.05, 0) is 53.4 Å². The Morgan fingerprint density at radius 3 is 2.08 bits per heavy atom. The zero-order valence-corrected chi connectivity index (χ0v) is 22.2. The summed E-state index contributed by atoms with van der Waals surface area (Å²) in [4.78, 5) is 26.0. The van der Waals surface area contributed by atoms with Crippen molar-refractivity contribution in [2.75, 3.05) is 26.2 Å². The van der Waals surface area contributed by atoms with Crippen LogP contribution in [0, 0.1) is 23.4 Å². The van der Waals surface area contributed by atoms with Crippen LogP contribution in [0.5, 0.6) is 0 Å². The summed E-state index contributed by atoms with van der Waals surface area (Å²) in [5.41, 5.74) is 0.849. The second kappa shape index (κ2) is 11.7. The van der Waals surface area contributed by atoms with Crippen LogP contribution >= 0.6 is 0 Å². The maximum Gasteiger partial charge on any atom is 0.408 e. The monoisotopic (exact) mass is 588 g/mol. The van der Waals surface area contributed by atoms with E-state index in [1.165, 1.54) is 48.5 Å². The SMILES string of the molecule is O=C(N[C@H]1C[N+]2(CC(=O)c3ccccc3F)CCC1CC2)OC(c1cccc(F)c1)c1cccc(F)c1.[Br-]. The highest BCUT2D eigenvalue weighted by Crippen LogP contribution is 2.35. The number of amides is 1. The number of carbonyl (C=O) groups excluding carboxylic acids is 2. The quantitative estimate of drug-likeness (QED) is 0.341. The fraction of sp³-hybridized carbons (Fsp3) is 0.310. The summed E-state index contributed by atoms with van der Waals surface area (Å²) in [5, 5.41) is 2.95. The average molecular weight is 589 g/mol. The highest BCUT2D eigenvalue weighted by molar-refractivity contribution is 5.97. The number of alkyl carbamates (subject to hydrolysis) is 1. The lowest BCUT2D eigenvalue weighted by atomic mass is 9.81. The Kier molecular flexibility index (Phi) is 8.57. The molecular weight excluding hydrogens is 561 g/mol. The topological polar surface area (TPSA) is 55.4 Å². The second-order valence-electron chi connectivity index (χ2n) is 10.0. The van der Waals surface area contributed by atoms with Crippen molar-refractivity contribution in [3.05, 3.63) is 107 Å². The molecule has 6 rings (SSSR count). The molecule has 0 aromatic heterocycles. The Bertz CT molecular complexity index is 1270. The Morgan fingerprint density at radius 2 is 1.50 bits per heavy atom. The second-order valence-corrected chi connectivity index (χ2v) is 10.0. The van der Waals surface area contributed by atoms with Crippen LogP contribution in [0.15, 0.2) is 72.8 Å². The third-order valence-corrected chi connectivity index (χ3v) is 7.59. The predicted octanol–water partition coefficient (Wildman–Crippen LogP) is 2.42. The molecule has 9 heteroatoms. The Labute approximate surface area is 230 Å². The first-order valence-corrected chi connectivity index (χ1v) is 12.4. The number of ether oxygens (including phenoxy) is 1. The number of quaternary nitrogens is 1. The normalized spacial score (nSPS) is 22.0. The van der Waals surface area contributed by atoms with Gasteiger partial charge in [0, 0.05) is 12.8 Å². The van der Waals surface area contributed by atoms with Gasteiger partial charge >= 0.3 is 6.09 Å². The Morgan fingerprint density at radius 1 is 0.895 bits per heavy atom. The molecular formula is C29H28BrF3N2O3. The fourth-order valence-corrected chi connectivity index (χ4v) is 5.71. The van der Waals surface area contributed by atoms with Gasteiger partial charge in [0.25, 0.3) is 0 Å². The van der Waals surface area contributed by atoms with Crippen LogP contribution in [0.1, 0.15) is 40.4 Å². The van der Waals surface area contributed by atoms with E-state index in [4.69, 9.17) is 4.74 Å². The molecule has 0 spiro atoms. The van der Waals surface area contributed by atoms with Crippen molar-refractivity contribution in [3.63, 3.8) is 0 Å². The fourth-order valence-electron chi connectivity index (χ4n) is 5.71. The molecule has 5 nitrogen and oxygen atoms in total. The molecule has 3 aliphatic rings. The van der Waals surface area contributed by atoms with Gasteiger partial charge in [-0.1, -0.05) is 36.4 Å². The van der Waals surface area contributed by atoms with Gasteiger partial charge < -0.3 is 31.5 Å². The van der Waals surface area contributed by atoms with Crippen molar-refractivity contribution in [3.8, 4) is 0 Å². The molecule has 1 atom stereocenters. The van der Waals surface area contributed by atoms with E-state index in [1.54, 1.807) is 24.3 Å². The van der Waals surface area contributed by atoms with E-state index in [-0.39, 0.29) is 46.8 Å². The first-order chi connectivity index (χ1) is 17.8. The van der Waals surface area contributed by atoms with E-state index < -0.39 is 29.6 Å². The van der Waals surface area contributed by atoms with Crippen LogP contribution < -0.4 is 22.3 Å². The summed E-state index contributed by atoms with van der Waals surface area (Å²) in [6.07, 6.45) is -0.0477. The van der Waals surface area contributed by atoms with Crippen molar-refractivity contribution in [1.82, 2.24) is 5.32 Å². The zero-order valence-electron chi connectivity index (χ0n) is 20.6. The van der Waals surface area contributed by atoms with Crippen LogP contribution in [0.3, 0.4) is 0 Å². The predicted molar refractivity (Wildman–Crippen MR) is 131 cm³/mol. The molecule has 3 fully saturated rings. The summed E-state index contributed by atoms with van der Waals surface area (Å²) < 4.78 is 48.3. The number of halogens is 4. The number of hydrogen-bond donors (Lipinski definition) is 1. The van der Waals surface area contributed by atoms with Crippen LogP contribution in [-0.4, -0.2) is 48.6 Å². The number of nitrogens with zero attached hydrogens (tertiary/aromatic N) is 1. The highest BCUT2D eigenvalue weighted by atomic mass is 79.9. The van der Waals surface area contributed by atoms with E-state index in [9.17, 15) is 22.8 Å². The number of rotatable bonds is 7. The smallest absolute Gasteiger partial charge is 0.408 e. The Hall–Kier alpha value is -3.17. The number of fused-ring (bicyclic) bond motifs is 3. The molecule has 3 saturated heterocycles. The number of hydrogen-bond acceptors (Lipinski definition) is 3. The summed E-state index contributed by atoms with van der Waals surface area (Å²) in [5.74, 6) is -1.54. The number of ketones is 1. The maximum atomic E-state index is 14.2. The van der Waals surface area contributed by atoms with Gasteiger partial charge in [0.2, 0.25) is 5.78 Å². The molecule has 0 aliphatic carbocycles. The number of nitrogens with one attached hydrogen (secondary N) is 1. The molecule has 1 amide bonds. The van der Waals surface area contributed by atoms with Gasteiger partial charge in [-0.15, -0.1) is 0 Å². The molecule has 200 valence electrons. The third kappa shape index (κ3) is 6.10. The van der Waals surface area contributed by atoms with Gasteiger partial charge in [0.15, 0.2) is 6.10 Å². The molecule has 3 aliphatic heterocycles. The number of Topliss-reactive ketones (excluding diaryl/α,β-unsaturated/α-hetero) is 1. The number of benzene rings is 3. The number of piperidine rings is 3. The number of carbonyl (C=O) groups is 2. The highest BCUT2D eigenvalue weighted by Gasteiger charge is 2.47. The van der Waals surface area contributed by atoms with Crippen LogP contribution in [0.4, 0.5) is 18.0 Å². The van der Waals surface area contributed by atoms with Crippen LogP contribution in [0.25, 0.3) is 0 Å². The van der Waals surface area contributed by atoms with Gasteiger partial charge in [0.05, 0.1) is 31.2 Å². The first-order valence-electron chi connectivity index (χ1n) is 12.4. The maximum absolute atomic E-state index is 14.2. The Balaban J connectivity index is 0.00000336. The molecule has 2 bridgehead atoms. The van der Waals surface area contributed by atoms with E-state index >= 15 is 0 Å². The van der Waals surface area contributed by atoms with Gasteiger partial charge in [-0.2, -0.15) is 0 Å². The van der Waals surface area contributed by atoms with Gasteiger partial charge in [-0.3, -0.25) is 4.79 Å². The zero-order chi connectivity index (χ0) is 26.0. The average Bonchev–Trinajstić information content (AvgIpc) is 2.88. The molecule has 1 N–H and O–H groups in total. The van der Waals surface area contributed by atoms with Crippen LogP contribution in [0.2, 0.25) is 0 Å². The minimum atomic E-state index is -1.00. The largest absolute Gasteiger partial charge is 1.00 e.